The number of amides is 1. The number of hydrogen-bond donors (Lipinski definition) is 0. The Morgan fingerprint density at radius 1 is 1.12 bits per heavy atom. The quantitative estimate of drug-likeness (QED) is 0.727. The van der Waals surface area contributed by atoms with Gasteiger partial charge in [-0.05, 0) is 56.2 Å². The number of sulfonamides is 1. The Hall–Kier alpha value is -2.22. The summed E-state index contributed by atoms with van der Waals surface area (Å²) in [7, 11) is -1.24. The zero-order valence-electron chi connectivity index (χ0n) is 15.7. The van der Waals surface area contributed by atoms with Gasteiger partial charge in [0.05, 0.1) is 12.0 Å². The van der Waals surface area contributed by atoms with E-state index in [-0.39, 0.29) is 10.8 Å². The van der Waals surface area contributed by atoms with Gasteiger partial charge in [-0.25, -0.2) is 8.42 Å². The van der Waals surface area contributed by atoms with Gasteiger partial charge in [0.2, 0.25) is 0 Å². The van der Waals surface area contributed by atoms with Crippen molar-refractivity contribution < 1.29 is 18.0 Å². The molecule has 0 atom stereocenters. The lowest BCUT2D eigenvalue weighted by Gasteiger charge is -2.24. The zero-order chi connectivity index (χ0) is 19.5. The Morgan fingerprint density at radius 3 is 2.42 bits per heavy atom. The summed E-state index contributed by atoms with van der Waals surface area (Å²) in [5.74, 6) is -0.252. The predicted octanol–water partition coefficient (Wildman–Crippen LogP) is 3.15. The average Bonchev–Trinajstić information content (AvgIpc) is 2.64. The Kier molecular flexibility index (Phi) is 6.17. The molecule has 1 amide bonds. The molecule has 6 nitrogen and oxygen atoms in total. The lowest BCUT2D eigenvalue weighted by Crippen LogP contribution is -2.32. The summed E-state index contributed by atoms with van der Waals surface area (Å²) in [4.78, 5) is 19.5. The molecule has 2 aromatic carbocycles. The van der Waals surface area contributed by atoms with Crippen molar-refractivity contribution in [3.05, 3.63) is 59.2 Å². The van der Waals surface area contributed by atoms with E-state index in [1.54, 1.807) is 17.0 Å². The smallest absolute Gasteiger partial charge is 0.264 e. The number of carbonyl (C=O) groups is 1. The van der Waals surface area contributed by atoms with E-state index >= 15 is 0 Å². The van der Waals surface area contributed by atoms with Gasteiger partial charge in [0.15, 0.2) is 0 Å². The lowest BCUT2D eigenvalue weighted by atomic mass is 10.1. The lowest BCUT2D eigenvalue weighted by molar-refractivity contribution is -0.0258. The fourth-order valence-corrected chi connectivity index (χ4v) is 3.65. The van der Waals surface area contributed by atoms with E-state index in [1.165, 1.54) is 26.3 Å². The van der Waals surface area contributed by atoms with E-state index in [0.29, 0.717) is 12.1 Å². The second kappa shape index (κ2) is 7.99. The Balaban J connectivity index is 2.46. The van der Waals surface area contributed by atoms with Gasteiger partial charge >= 0.3 is 0 Å². The molecule has 0 aliphatic carbocycles. The largest absolute Gasteiger partial charge is 0.308 e. The summed E-state index contributed by atoms with van der Waals surface area (Å²) in [6, 6.07) is 11.9. The van der Waals surface area contributed by atoms with Crippen molar-refractivity contribution in [3.8, 4) is 0 Å². The molecule has 0 saturated heterocycles. The van der Waals surface area contributed by atoms with Crippen LogP contribution < -0.4 is 4.90 Å². The number of benzene rings is 2. The topological polar surface area (TPSA) is 66.9 Å². The molecule has 0 aliphatic rings. The fourth-order valence-electron chi connectivity index (χ4n) is 2.63. The van der Waals surface area contributed by atoms with Gasteiger partial charge in [-0.15, -0.1) is 0 Å². The molecule has 0 saturated carbocycles. The molecule has 0 bridgehead atoms. The van der Waals surface area contributed by atoms with Crippen molar-refractivity contribution in [1.29, 1.82) is 0 Å². The van der Waals surface area contributed by atoms with Crippen LogP contribution in [0.3, 0.4) is 0 Å². The summed E-state index contributed by atoms with van der Waals surface area (Å²) >= 11 is 0. The summed E-state index contributed by atoms with van der Waals surface area (Å²) < 4.78 is 25.6. The van der Waals surface area contributed by atoms with Crippen molar-refractivity contribution in [2.45, 2.75) is 25.7 Å². The Morgan fingerprint density at radius 2 is 1.81 bits per heavy atom. The highest BCUT2D eigenvalue weighted by atomic mass is 32.2. The highest BCUT2D eigenvalue weighted by Crippen LogP contribution is 2.24. The van der Waals surface area contributed by atoms with Crippen molar-refractivity contribution in [1.82, 2.24) is 4.47 Å². The van der Waals surface area contributed by atoms with Crippen LogP contribution in [0.5, 0.6) is 0 Å². The minimum atomic E-state index is -3.82. The first-order chi connectivity index (χ1) is 12.2. The molecule has 0 radical (unpaired) electrons. The first-order valence-corrected chi connectivity index (χ1v) is 9.68. The number of carbonyl (C=O) groups excluding carboxylic acids is 1. The molecule has 0 aliphatic heterocycles. The standard InChI is InChI=1S/C19H24N2O4S/c1-6-21(18-12-14(2)10-11-15(18)3)19(22)16-8-7-9-17(13-16)26(23,24)20(4)25-5/h7-13H,6H2,1-5H3. The van der Waals surface area contributed by atoms with Crippen LogP contribution in [0.15, 0.2) is 47.4 Å². The summed E-state index contributed by atoms with van der Waals surface area (Å²) in [6.45, 7) is 6.27. The normalized spacial score (nSPS) is 11.6. The van der Waals surface area contributed by atoms with Crippen LogP contribution in [0, 0.1) is 13.8 Å². The van der Waals surface area contributed by atoms with Gasteiger partial charge < -0.3 is 4.90 Å². The average molecular weight is 376 g/mol. The molecule has 0 N–H and O–H groups in total. The van der Waals surface area contributed by atoms with Crippen LogP contribution in [-0.2, 0) is 14.9 Å². The second-order valence-corrected chi connectivity index (χ2v) is 7.90. The summed E-state index contributed by atoms with van der Waals surface area (Å²) in [5.41, 5.74) is 3.15. The molecule has 0 aromatic heterocycles. The first-order valence-electron chi connectivity index (χ1n) is 8.24. The first kappa shape index (κ1) is 20.1. The number of nitrogens with zero attached hydrogens (tertiary/aromatic N) is 2. The molecule has 140 valence electrons. The summed E-state index contributed by atoms with van der Waals surface area (Å²) in [6.07, 6.45) is 0. The van der Waals surface area contributed by atoms with Gasteiger partial charge in [-0.1, -0.05) is 22.7 Å². The number of hydrogen-bond acceptors (Lipinski definition) is 4. The SMILES string of the molecule is CCN(C(=O)c1cccc(S(=O)(=O)N(C)OC)c1)c1cc(C)ccc1C. The maximum atomic E-state index is 13.0. The monoisotopic (exact) mass is 376 g/mol. The van der Waals surface area contributed by atoms with E-state index < -0.39 is 10.0 Å². The van der Waals surface area contributed by atoms with E-state index in [1.807, 2.05) is 39.0 Å². The van der Waals surface area contributed by atoms with Gasteiger partial charge in [0.25, 0.3) is 15.9 Å². The molecule has 2 rings (SSSR count). The third kappa shape index (κ3) is 3.95. The van der Waals surface area contributed by atoms with E-state index in [0.717, 1.165) is 21.3 Å². The zero-order valence-corrected chi connectivity index (χ0v) is 16.5. The van der Waals surface area contributed by atoms with Crippen molar-refractivity contribution in [3.63, 3.8) is 0 Å². The van der Waals surface area contributed by atoms with Gasteiger partial charge in [-0.2, -0.15) is 0 Å². The molecule has 0 spiro atoms. The van der Waals surface area contributed by atoms with Crippen molar-refractivity contribution >= 4 is 21.6 Å². The molecule has 0 heterocycles. The highest BCUT2D eigenvalue weighted by Gasteiger charge is 2.24. The Labute approximate surface area is 155 Å². The molecular formula is C19H24N2O4S. The maximum Gasteiger partial charge on any atom is 0.264 e. The Bertz CT molecular complexity index is 910. The van der Waals surface area contributed by atoms with E-state index in [4.69, 9.17) is 4.84 Å². The fraction of sp³-hybridized carbons (Fsp3) is 0.316. The van der Waals surface area contributed by atoms with Crippen LogP contribution in [0.1, 0.15) is 28.4 Å². The predicted molar refractivity (Wildman–Crippen MR) is 102 cm³/mol. The highest BCUT2D eigenvalue weighted by molar-refractivity contribution is 7.89. The second-order valence-electron chi connectivity index (χ2n) is 5.96. The molecule has 26 heavy (non-hydrogen) atoms. The van der Waals surface area contributed by atoms with Crippen LogP contribution >= 0.6 is 0 Å². The van der Waals surface area contributed by atoms with Crippen molar-refractivity contribution in [2.24, 2.45) is 0 Å². The van der Waals surface area contributed by atoms with Gasteiger partial charge in [0.1, 0.15) is 0 Å². The molecule has 0 fully saturated rings. The maximum absolute atomic E-state index is 13.0. The number of rotatable bonds is 6. The molecule has 7 heteroatoms. The molecule has 0 unspecified atom stereocenters. The molecular weight excluding hydrogens is 352 g/mol. The van der Waals surface area contributed by atoms with E-state index in [2.05, 4.69) is 0 Å². The van der Waals surface area contributed by atoms with Crippen LogP contribution in [-0.4, -0.2) is 39.5 Å². The van der Waals surface area contributed by atoms with Gasteiger partial charge in [0, 0.05) is 24.8 Å². The van der Waals surface area contributed by atoms with Gasteiger partial charge in [-0.3, -0.25) is 9.63 Å². The van der Waals surface area contributed by atoms with Crippen LogP contribution in [0.4, 0.5) is 5.69 Å². The van der Waals surface area contributed by atoms with Crippen molar-refractivity contribution in [2.75, 3.05) is 25.6 Å². The number of hydroxylamine groups is 1. The number of anilines is 1. The van der Waals surface area contributed by atoms with Crippen LogP contribution in [0.25, 0.3) is 0 Å². The number of aryl methyl sites for hydroxylation is 2. The molecule has 2 aromatic rings. The minimum absolute atomic E-state index is 0.00437. The van der Waals surface area contributed by atoms with Crippen LogP contribution in [0.2, 0.25) is 0 Å². The third-order valence-electron chi connectivity index (χ3n) is 4.19. The minimum Gasteiger partial charge on any atom is -0.308 e. The van der Waals surface area contributed by atoms with E-state index in [9.17, 15) is 13.2 Å². The summed E-state index contributed by atoms with van der Waals surface area (Å²) in [5, 5.41) is 0. The third-order valence-corrected chi connectivity index (χ3v) is 5.87.